The fraction of sp³-hybridized carbons (Fsp3) is 1.00. The summed E-state index contributed by atoms with van der Waals surface area (Å²) in [5, 5.41) is 0. The minimum atomic E-state index is 0. The number of hydrogen-bond acceptors (Lipinski definition) is 1. The number of rotatable bonds is 1. The molecular weight excluding hydrogens is 134 g/mol. The molecule has 0 aromatic carbocycles. The molecule has 1 fully saturated rings. The van der Waals surface area contributed by atoms with E-state index in [0.717, 1.165) is 0 Å². The molecule has 0 aromatic rings. The highest BCUT2D eigenvalue weighted by atomic mass is 15.1. The monoisotopic (exact) mass is 157 g/mol. The van der Waals surface area contributed by atoms with Gasteiger partial charge in [-0.05, 0) is 31.3 Å². The second-order valence-electron chi connectivity index (χ2n) is 4.54. The molecule has 0 N–H and O–H groups in total. The van der Waals surface area contributed by atoms with Crippen LogP contribution in [0, 0.1) is 5.41 Å². The summed E-state index contributed by atoms with van der Waals surface area (Å²) in [5.41, 5.74) is 0.490. The van der Waals surface area contributed by atoms with E-state index in [4.69, 9.17) is 0 Å². The summed E-state index contributed by atoms with van der Waals surface area (Å²) in [6.45, 7) is 10.9. The van der Waals surface area contributed by atoms with Crippen LogP contribution in [0.3, 0.4) is 0 Å². The van der Waals surface area contributed by atoms with Crippen molar-refractivity contribution in [2.45, 2.75) is 41.0 Å². The van der Waals surface area contributed by atoms with Crippen LogP contribution in [-0.2, 0) is 0 Å². The molecule has 0 unspecified atom stereocenters. The maximum Gasteiger partial charge on any atom is 0.00300 e. The van der Waals surface area contributed by atoms with Crippen molar-refractivity contribution in [2.24, 2.45) is 5.41 Å². The van der Waals surface area contributed by atoms with Gasteiger partial charge in [0, 0.05) is 6.54 Å². The zero-order chi connectivity index (χ0) is 7.61. The van der Waals surface area contributed by atoms with Crippen molar-refractivity contribution in [3.8, 4) is 0 Å². The molecule has 0 aliphatic carbocycles. The molecule has 1 nitrogen and oxygen atoms in total. The van der Waals surface area contributed by atoms with E-state index in [2.05, 4.69) is 25.7 Å². The standard InChI is InChI=1S/C9H19N.CH4/c1-9(2,3)8-10-6-4-5-7-10;/h4-8H2,1-3H3;1H4. The summed E-state index contributed by atoms with van der Waals surface area (Å²) in [4.78, 5) is 2.57. The molecule has 11 heavy (non-hydrogen) atoms. The predicted octanol–water partition coefficient (Wildman–Crippen LogP) is 2.76. The molecule has 0 aromatic heterocycles. The molecule has 68 valence electrons. The van der Waals surface area contributed by atoms with Crippen LogP contribution in [0.5, 0.6) is 0 Å². The van der Waals surface area contributed by atoms with Crippen molar-refractivity contribution < 1.29 is 0 Å². The Kier molecular flexibility index (Phi) is 4.09. The fourth-order valence-corrected chi connectivity index (χ4v) is 1.61. The quantitative estimate of drug-likeness (QED) is 0.565. The Morgan fingerprint density at radius 1 is 1.09 bits per heavy atom. The van der Waals surface area contributed by atoms with Gasteiger partial charge in [0.15, 0.2) is 0 Å². The minimum Gasteiger partial charge on any atom is -0.303 e. The van der Waals surface area contributed by atoms with Crippen LogP contribution < -0.4 is 0 Å². The summed E-state index contributed by atoms with van der Waals surface area (Å²) in [6, 6.07) is 0. The molecule has 0 amide bonds. The largest absolute Gasteiger partial charge is 0.303 e. The van der Waals surface area contributed by atoms with Gasteiger partial charge in [-0.25, -0.2) is 0 Å². The second-order valence-corrected chi connectivity index (χ2v) is 4.54. The Morgan fingerprint density at radius 2 is 1.55 bits per heavy atom. The van der Waals surface area contributed by atoms with Gasteiger partial charge in [0.25, 0.3) is 0 Å². The Morgan fingerprint density at radius 3 is 1.91 bits per heavy atom. The number of likely N-dealkylation sites (tertiary alicyclic amines) is 1. The van der Waals surface area contributed by atoms with Crippen molar-refractivity contribution >= 4 is 0 Å². The summed E-state index contributed by atoms with van der Waals surface area (Å²) >= 11 is 0. The zero-order valence-electron chi connectivity index (χ0n) is 7.48. The van der Waals surface area contributed by atoms with Gasteiger partial charge in [0.1, 0.15) is 0 Å². The third-order valence-corrected chi connectivity index (χ3v) is 1.90. The molecule has 1 saturated heterocycles. The molecule has 0 atom stereocenters. The maximum atomic E-state index is 2.57. The molecule has 0 saturated carbocycles. The van der Waals surface area contributed by atoms with Gasteiger partial charge in [-0.3, -0.25) is 0 Å². The molecular formula is C10H23N. The van der Waals surface area contributed by atoms with Gasteiger partial charge in [0.2, 0.25) is 0 Å². The van der Waals surface area contributed by atoms with Crippen LogP contribution in [0.2, 0.25) is 0 Å². The molecule has 1 heterocycles. The molecule has 0 radical (unpaired) electrons. The first-order chi connectivity index (χ1) is 4.58. The average Bonchev–Trinajstić information content (AvgIpc) is 2.12. The smallest absolute Gasteiger partial charge is 0.00300 e. The average molecular weight is 157 g/mol. The minimum absolute atomic E-state index is 0. The highest BCUT2D eigenvalue weighted by Crippen LogP contribution is 2.18. The van der Waals surface area contributed by atoms with Gasteiger partial charge >= 0.3 is 0 Å². The highest BCUT2D eigenvalue weighted by molar-refractivity contribution is 4.72. The van der Waals surface area contributed by atoms with Crippen LogP contribution in [0.1, 0.15) is 41.0 Å². The molecule has 1 rings (SSSR count). The highest BCUT2D eigenvalue weighted by Gasteiger charge is 2.18. The summed E-state index contributed by atoms with van der Waals surface area (Å²) in [6.07, 6.45) is 2.83. The summed E-state index contributed by atoms with van der Waals surface area (Å²) in [7, 11) is 0. The Hall–Kier alpha value is -0.0400. The maximum absolute atomic E-state index is 2.57. The molecule has 0 spiro atoms. The van der Waals surface area contributed by atoms with Crippen LogP contribution in [0.4, 0.5) is 0 Å². The Balaban J connectivity index is 0.000001000. The van der Waals surface area contributed by atoms with E-state index in [1.54, 1.807) is 0 Å². The van der Waals surface area contributed by atoms with E-state index in [1.165, 1.54) is 32.5 Å². The normalized spacial score (nSPS) is 19.9. The van der Waals surface area contributed by atoms with Gasteiger partial charge in [0.05, 0.1) is 0 Å². The van der Waals surface area contributed by atoms with Crippen LogP contribution in [-0.4, -0.2) is 24.5 Å². The number of nitrogens with zero attached hydrogens (tertiary/aromatic N) is 1. The zero-order valence-corrected chi connectivity index (χ0v) is 7.48. The third kappa shape index (κ3) is 4.41. The molecule has 1 heteroatoms. The lowest BCUT2D eigenvalue weighted by Gasteiger charge is -2.25. The SMILES string of the molecule is C.CC(C)(C)CN1CCCC1. The fourth-order valence-electron chi connectivity index (χ4n) is 1.61. The first kappa shape index (κ1) is 11.0. The van der Waals surface area contributed by atoms with Crippen molar-refractivity contribution in [3.05, 3.63) is 0 Å². The topological polar surface area (TPSA) is 3.24 Å². The van der Waals surface area contributed by atoms with Crippen molar-refractivity contribution in [3.63, 3.8) is 0 Å². The van der Waals surface area contributed by atoms with E-state index < -0.39 is 0 Å². The van der Waals surface area contributed by atoms with E-state index in [1.807, 2.05) is 0 Å². The third-order valence-electron chi connectivity index (χ3n) is 1.90. The summed E-state index contributed by atoms with van der Waals surface area (Å²) < 4.78 is 0. The van der Waals surface area contributed by atoms with E-state index in [-0.39, 0.29) is 7.43 Å². The lowest BCUT2D eigenvalue weighted by Crippen LogP contribution is -2.29. The lowest BCUT2D eigenvalue weighted by atomic mass is 9.96. The summed E-state index contributed by atoms with van der Waals surface area (Å²) in [5.74, 6) is 0. The predicted molar refractivity (Wildman–Crippen MR) is 51.9 cm³/mol. The van der Waals surface area contributed by atoms with E-state index in [9.17, 15) is 0 Å². The van der Waals surface area contributed by atoms with Gasteiger partial charge in [-0.2, -0.15) is 0 Å². The lowest BCUT2D eigenvalue weighted by molar-refractivity contribution is 0.227. The van der Waals surface area contributed by atoms with E-state index in [0.29, 0.717) is 5.41 Å². The molecule has 1 aliphatic heterocycles. The second kappa shape index (κ2) is 4.10. The molecule has 0 bridgehead atoms. The van der Waals surface area contributed by atoms with Crippen molar-refractivity contribution in [1.82, 2.24) is 4.90 Å². The number of hydrogen-bond donors (Lipinski definition) is 0. The van der Waals surface area contributed by atoms with Crippen molar-refractivity contribution in [1.29, 1.82) is 0 Å². The van der Waals surface area contributed by atoms with Gasteiger partial charge < -0.3 is 4.90 Å². The van der Waals surface area contributed by atoms with Crippen LogP contribution in [0.15, 0.2) is 0 Å². The Bertz CT molecular complexity index is 95.9. The van der Waals surface area contributed by atoms with E-state index >= 15 is 0 Å². The first-order valence-electron chi connectivity index (χ1n) is 4.30. The van der Waals surface area contributed by atoms with Crippen LogP contribution in [0.25, 0.3) is 0 Å². The van der Waals surface area contributed by atoms with Gasteiger partial charge in [-0.1, -0.05) is 28.2 Å². The van der Waals surface area contributed by atoms with Crippen molar-refractivity contribution in [2.75, 3.05) is 19.6 Å². The Labute approximate surface area is 71.8 Å². The first-order valence-corrected chi connectivity index (χ1v) is 4.30. The van der Waals surface area contributed by atoms with Gasteiger partial charge in [-0.15, -0.1) is 0 Å². The molecule has 1 aliphatic rings. The van der Waals surface area contributed by atoms with Crippen LogP contribution >= 0.6 is 0 Å².